The molecule has 1 amide bonds. The molecular weight excluding hydrogens is 457 g/mol. The third-order valence-electron chi connectivity index (χ3n) is 6.63. The van der Waals surface area contributed by atoms with Gasteiger partial charge in [-0.25, -0.2) is 4.98 Å². The van der Waals surface area contributed by atoms with E-state index in [4.69, 9.17) is 28.2 Å². The van der Waals surface area contributed by atoms with Crippen molar-refractivity contribution in [2.24, 2.45) is 7.05 Å². The lowest BCUT2D eigenvalue weighted by atomic mass is 10.0. The molecule has 1 aliphatic rings. The quantitative estimate of drug-likeness (QED) is 0.533. The van der Waals surface area contributed by atoms with E-state index in [1.807, 2.05) is 35.6 Å². The van der Waals surface area contributed by atoms with Crippen molar-refractivity contribution in [3.8, 4) is 6.07 Å². The van der Waals surface area contributed by atoms with Gasteiger partial charge in [0.2, 0.25) is 0 Å². The van der Waals surface area contributed by atoms with Crippen LogP contribution in [0.25, 0.3) is 11.0 Å². The molecule has 6 nitrogen and oxygen atoms in total. The van der Waals surface area contributed by atoms with Crippen LogP contribution in [0.3, 0.4) is 0 Å². The summed E-state index contributed by atoms with van der Waals surface area (Å²) >= 11 is 13.3. The van der Waals surface area contributed by atoms with Gasteiger partial charge in [0.25, 0.3) is 5.91 Å². The first-order valence-corrected chi connectivity index (χ1v) is 11.8. The molecule has 0 radical (unpaired) electrons. The van der Waals surface area contributed by atoms with Gasteiger partial charge in [-0.3, -0.25) is 4.79 Å². The largest absolute Gasteiger partial charge is 0.338 e. The van der Waals surface area contributed by atoms with Crippen LogP contribution in [-0.4, -0.2) is 58.5 Å². The zero-order valence-electron chi connectivity index (χ0n) is 19.3. The number of piperidine rings is 1. The van der Waals surface area contributed by atoms with E-state index >= 15 is 0 Å². The molecule has 2 heterocycles. The highest BCUT2D eigenvalue weighted by Gasteiger charge is 2.27. The average molecular weight is 484 g/mol. The normalized spacial score (nSPS) is 14.8. The third kappa shape index (κ3) is 4.46. The van der Waals surface area contributed by atoms with Gasteiger partial charge in [0.15, 0.2) is 0 Å². The van der Waals surface area contributed by atoms with E-state index < -0.39 is 0 Å². The van der Waals surface area contributed by atoms with Crippen molar-refractivity contribution in [2.45, 2.75) is 32.2 Å². The molecule has 8 heteroatoms. The number of rotatable bonds is 4. The molecule has 2 aromatic carbocycles. The van der Waals surface area contributed by atoms with Crippen LogP contribution in [-0.2, 0) is 13.5 Å². The van der Waals surface area contributed by atoms with Crippen molar-refractivity contribution in [3.63, 3.8) is 0 Å². The number of nitriles is 1. The van der Waals surface area contributed by atoms with Gasteiger partial charge in [0.1, 0.15) is 5.82 Å². The number of amides is 1. The zero-order chi connectivity index (χ0) is 23.9. The van der Waals surface area contributed by atoms with Gasteiger partial charge in [-0.15, -0.1) is 0 Å². The number of carbonyl (C=O) groups excluding carboxylic acids is 1. The van der Waals surface area contributed by atoms with Crippen molar-refractivity contribution in [3.05, 3.63) is 62.4 Å². The number of likely N-dealkylation sites (tertiary alicyclic amines) is 1. The summed E-state index contributed by atoms with van der Waals surface area (Å²) in [7, 11) is 6.07. The SMILES string of the molecule is Cc1cc(C#N)cc2c1nc(Cc1c(Cl)ccc(C(=O)N3CCC(N(C)C)CC3)c1Cl)n2C. The van der Waals surface area contributed by atoms with Gasteiger partial charge in [0, 0.05) is 37.6 Å². The highest BCUT2D eigenvalue weighted by Crippen LogP contribution is 2.32. The number of aromatic nitrogens is 2. The number of imidazole rings is 1. The van der Waals surface area contributed by atoms with Crippen LogP contribution in [0.4, 0.5) is 0 Å². The standard InChI is InChI=1S/C25H27Cl2N5O/c1-15-11-16(14-28)12-21-24(15)29-22(31(21)4)13-19-20(26)6-5-18(23(19)27)25(33)32-9-7-17(8-10-32)30(2)3/h5-6,11-12,17H,7-10,13H2,1-4H3. The lowest BCUT2D eigenvalue weighted by Gasteiger charge is -2.35. The number of carbonyl (C=O) groups is 1. The minimum Gasteiger partial charge on any atom is -0.338 e. The Hall–Kier alpha value is -2.59. The van der Waals surface area contributed by atoms with Crippen molar-refractivity contribution in [1.82, 2.24) is 19.4 Å². The van der Waals surface area contributed by atoms with Crippen LogP contribution in [0.2, 0.25) is 10.0 Å². The Morgan fingerprint density at radius 1 is 1.24 bits per heavy atom. The molecule has 3 aromatic rings. The van der Waals surface area contributed by atoms with E-state index in [0.717, 1.165) is 35.3 Å². The van der Waals surface area contributed by atoms with Gasteiger partial charge < -0.3 is 14.4 Å². The lowest BCUT2D eigenvalue weighted by Crippen LogP contribution is -2.44. The van der Waals surface area contributed by atoms with E-state index in [2.05, 4.69) is 25.1 Å². The number of aryl methyl sites for hydroxylation is 2. The summed E-state index contributed by atoms with van der Waals surface area (Å²) in [6, 6.07) is 9.81. The highest BCUT2D eigenvalue weighted by atomic mass is 35.5. The maximum Gasteiger partial charge on any atom is 0.255 e. The Balaban J connectivity index is 1.65. The summed E-state index contributed by atoms with van der Waals surface area (Å²) in [6.45, 7) is 3.36. The second-order valence-corrected chi connectivity index (χ2v) is 9.70. The van der Waals surface area contributed by atoms with E-state index in [-0.39, 0.29) is 5.91 Å². The Bertz CT molecular complexity index is 1270. The second-order valence-electron chi connectivity index (χ2n) is 8.91. The summed E-state index contributed by atoms with van der Waals surface area (Å²) < 4.78 is 1.95. The van der Waals surface area contributed by atoms with Crippen LogP contribution in [0.15, 0.2) is 24.3 Å². The average Bonchev–Trinajstić information content (AvgIpc) is 3.12. The van der Waals surface area contributed by atoms with Crippen LogP contribution < -0.4 is 0 Å². The van der Waals surface area contributed by atoms with E-state index in [9.17, 15) is 10.1 Å². The fraction of sp³-hybridized carbons (Fsp3) is 0.400. The number of halogens is 2. The van der Waals surface area contributed by atoms with Crippen LogP contribution in [0, 0.1) is 18.3 Å². The topological polar surface area (TPSA) is 65.2 Å². The van der Waals surface area contributed by atoms with E-state index in [1.165, 1.54) is 0 Å². The Labute approximate surface area is 204 Å². The molecule has 33 heavy (non-hydrogen) atoms. The van der Waals surface area contributed by atoms with Crippen molar-refractivity contribution in [1.29, 1.82) is 5.26 Å². The van der Waals surface area contributed by atoms with Crippen LogP contribution in [0.5, 0.6) is 0 Å². The predicted molar refractivity (Wildman–Crippen MR) is 132 cm³/mol. The highest BCUT2D eigenvalue weighted by molar-refractivity contribution is 6.38. The van der Waals surface area contributed by atoms with Crippen LogP contribution >= 0.6 is 23.2 Å². The molecule has 0 aliphatic carbocycles. The first-order chi connectivity index (χ1) is 15.7. The number of benzene rings is 2. The van der Waals surface area contributed by atoms with Crippen LogP contribution in [0.1, 0.15) is 45.7 Å². The van der Waals surface area contributed by atoms with Gasteiger partial charge in [-0.2, -0.15) is 5.26 Å². The van der Waals surface area contributed by atoms with Crippen molar-refractivity contribution >= 4 is 40.1 Å². The third-order valence-corrected chi connectivity index (χ3v) is 7.42. The second kappa shape index (κ2) is 9.34. The molecule has 0 saturated carbocycles. The smallest absolute Gasteiger partial charge is 0.255 e. The summed E-state index contributed by atoms with van der Waals surface area (Å²) in [5, 5.41) is 10.2. The predicted octanol–water partition coefficient (Wildman–Crippen LogP) is 4.82. The molecular formula is C25H27Cl2N5O. The molecule has 172 valence electrons. The summed E-state index contributed by atoms with van der Waals surface area (Å²) in [4.78, 5) is 22.2. The van der Waals surface area contributed by atoms with Gasteiger partial charge in [-0.05, 0) is 69.3 Å². The molecule has 0 N–H and O–H groups in total. The molecule has 1 saturated heterocycles. The summed E-state index contributed by atoms with van der Waals surface area (Å²) in [6.07, 6.45) is 2.27. The molecule has 4 rings (SSSR count). The minimum atomic E-state index is -0.0605. The first-order valence-electron chi connectivity index (χ1n) is 11.0. The maximum atomic E-state index is 13.3. The van der Waals surface area contributed by atoms with Gasteiger partial charge >= 0.3 is 0 Å². The molecule has 1 aromatic heterocycles. The zero-order valence-corrected chi connectivity index (χ0v) is 20.8. The Kier molecular flexibility index (Phi) is 6.67. The Morgan fingerprint density at radius 3 is 2.58 bits per heavy atom. The fourth-order valence-electron chi connectivity index (χ4n) is 4.57. The molecule has 0 spiro atoms. The molecule has 0 atom stereocenters. The minimum absolute atomic E-state index is 0.0605. The van der Waals surface area contributed by atoms with Crippen molar-refractivity contribution < 1.29 is 4.79 Å². The first kappa shape index (κ1) is 23.6. The molecule has 1 aliphatic heterocycles. The summed E-state index contributed by atoms with van der Waals surface area (Å²) in [5.74, 6) is 0.706. The van der Waals surface area contributed by atoms with Gasteiger partial charge in [-0.1, -0.05) is 23.2 Å². The number of fused-ring (bicyclic) bond motifs is 1. The van der Waals surface area contributed by atoms with E-state index in [1.54, 1.807) is 12.1 Å². The summed E-state index contributed by atoms with van der Waals surface area (Å²) in [5.41, 5.74) is 4.41. The fourth-order valence-corrected chi connectivity index (χ4v) is 5.15. The van der Waals surface area contributed by atoms with Crippen molar-refractivity contribution in [2.75, 3.05) is 27.2 Å². The molecule has 1 fully saturated rings. The Morgan fingerprint density at radius 2 is 1.94 bits per heavy atom. The van der Waals surface area contributed by atoms with E-state index in [0.29, 0.717) is 52.3 Å². The molecule has 0 unspecified atom stereocenters. The number of hydrogen-bond donors (Lipinski definition) is 0. The monoisotopic (exact) mass is 483 g/mol. The maximum absolute atomic E-state index is 13.3. The number of hydrogen-bond acceptors (Lipinski definition) is 4. The van der Waals surface area contributed by atoms with Gasteiger partial charge in [0.05, 0.1) is 33.3 Å². The lowest BCUT2D eigenvalue weighted by molar-refractivity contribution is 0.0663. The molecule has 0 bridgehead atoms. The number of nitrogens with zero attached hydrogens (tertiary/aromatic N) is 5.